The summed E-state index contributed by atoms with van der Waals surface area (Å²) in [5.41, 5.74) is 0.427. The number of nitrogens with one attached hydrogen (secondary N) is 2. The quantitative estimate of drug-likeness (QED) is 0.206. The van der Waals surface area contributed by atoms with Gasteiger partial charge in [0.05, 0.1) is 37.9 Å². The first kappa shape index (κ1) is 28.6. The van der Waals surface area contributed by atoms with E-state index in [1.807, 2.05) is 0 Å². The van der Waals surface area contributed by atoms with E-state index in [0.717, 1.165) is 38.4 Å². The number of hydrogen-bond donors (Lipinski definition) is 3. The number of methoxy groups -OCH3 is 1. The van der Waals surface area contributed by atoms with E-state index in [0.29, 0.717) is 44.8 Å². The molecule has 13 heteroatoms. The zero-order valence-electron chi connectivity index (χ0n) is 22.4. The van der Waals surface area contributed by atoms with Gasteiger partial charge in [0, 0.05) is 35.1 Å². The number of ether oxygens (including phenoxy) is 2. The van der Waals surface area contributed by atoms with Crippen LogP contribution >= 0.6 is 11.3 Å². The van der Waals surface area contributed by atoms with Gasteiger partial charge in [-0.15, -0.1) is 11.3 Å². The minimum atomic E-state index is -1.11. The lowest BCUT2D eigenvalue weighted by Crippen LogP contribution is -2.33. The Kier molecular flexibility index (Phi) is 9.17. The molecule has 1 fully saturated rings. The van der Waals surface area contributed by atoms with Crippen LogP contribution in [0, 0.1) is 11.6 Å². The van der Waals surface area contributed by atoms with Crippen molar-refractivity contribution in [3.63, 3.8) is 0 Å². The van der Waals surface area contributed by atoms with Crippen molar-refractivity contribution >= 4 is 44.8 Å². The topological polar surface area (TPSA) is 122 Å². The number of halogens is 2. The molecule has 216 valence electrons. The molecule has 4 aromatic rings. The number of benzene rings is 2. The van der Waals surface area contributed by atoms with Gasteiger partial charge < -0.3 is 25.2 Å². The number of hydrogen-bond acceptors (Lipinski definition) is 10. The Morgan fingerprint density at radius 1 is 1.22 bits per heavy atom. The third-order valence-electron chi connectivity index (χ3n) is 6.82. The molecule has 0 bridgehead atoms. The highest BCUT2D eigenvalue weighted by atomic mass is 32.1. The second kappa shape index (κ2) is 13.1. The van der Waals surface area contributed by atoms with Crippen molar-refractivity contribution in [2.45, 2.75) is 31.7 Å². The summed E-state index contributed by atoms with van der Waals surface area (Å²) in [4.78, 5) is 28.3. The smallest absolute Gasteiger partial charge is 0.229 e. The highest BCUT2D eigenvalue weighted by Gasteiger charge is 2.23. The highest BCUT2D eigenvalue weighted by Crippen LogP contribution is 2.35. The van der Waals surface area contributed by atoms with Crippen LogP contribution < -0.4 is 20.1 Å². The van der Waals surface area contributed by atoms with E-state index in [1.165, 1.54) is 36.0 Å². The van der Waals surface area contributed by atoms with Crippen molar-refractivity contribution in [1.29, 1.82) is 0 Å². The molecule has 0 radical (unpaired) electrons. The number of aromatic nitrogens is 3. The molecule has 1 atom stereocenters. The molecule has 41 heavy (non-hydrogen) atoms. The fourth-order valence-corrected chi connectivity index (χ4v) is 5.59. The number of carbonyl (C=O) groups excluding carboxylic acids is 1. The van der Waals surface area contributed by atoms with Gasteiger partial charge in [-0.25, -0.2) is 23.7 Å². The molecule has 0 spiro atoms. The van der Waals surface area contributed by atoms with Gasteiger partial charge in [-0.1, -0.05) is 6.07 Å². The second-order valence-corrected chi connectivity index (χ2v) is 10.7. The summed E-state index contributed by atoms with van der Waals surface area (Å²) in [6.07, 6.45) is 5.86. The van der Waals surface area contributed by atoms with Crippen molar-refractivity contribution < 1.29 is 28.2 Å². The minimum Gasteiger partial charge on any atom is -0.493 e. The summed E-state index contributed by atoms with van der Waals surface area (Å²) < 4.78 is 38.9. The Bertz CT molecular complexity index is 1520. The zero-order chi connectivity index (χ0) is 28.8. The maximum atomic E-state index is 13.9. The molecule has 1 amide bonds. The van der Waals surface area contributed by atoms with Gasteiger partial charge in [0.1, 0.15) is 12.1 Å². The van der Waals surface area contributed by atoms with Crippen LogP contribution in [0.15, 0.2) is 42.9 Å². The maximum Gasteiger partial charge on any atom is 0.229 e. The number of anilines is 3. The Labute approximate surface area is 239 Å². The largest absolute Gasteiger partial charge is 0.493 e. The molecule has 1 aliphatic rings. The number of carbonyl (C=O) groups is 1. The summed E-state index contributed by atoms with van der Waals surface area (Å²) in [5.74, 6) is -1.04. The van der Waals surface area contributed by atoms with Gasteiger partial charge >= 0.3 is 0 Å². The number of fused-ring (bicyclic) bond motifs is 1. The fraction of sp³-hybridized carbons (Fsp3) is 0.357. The van der Waals surface area contributed by atoms with E-state index in [2.05, 4.69) is 30.5 Å². The summed E-state index contributed by atoms with van der Waals surface area (Å²) >= 11 is 1.23. The van der Waals surface area contributed by atoms with Gasteiger partial charge in [-0.2, -0.15) is 0 Å². The Morgan fingerprint density at radius 3 is 2.93 bits per heavy atom. The van der Waals surface area contributed by atoms with Gasteiger partial charge in [0.25, 0.3) is 0 Å². The lowest BCUT2D eigenvalue weighted by Gasteiger charge is -2.22. The first-order valence-corrected chi connectivity index (χ1v) is 14.0. The third-order valence-corrected chi connectivity index (χ3v) is 7.73. The van der Waals surface area contributed by atoms with E-state index >= 15 is 0 Å². The fourth-order valence-electron chi connectivity index (χ4n) is 4.78. The first-order valence-electron chi connectivity index (χ1n) is 13.2. The molecule has 10 nitrogen and oxygen atoms in total. The predicted octanol–water partition coefficient (Wildman–Crippen LogP) is 4.52. The Morgan fingerprint density at radius 2 is 2.10 bits per heavy atom. The molecule has 0 aliphatic carbocycles. The molecule has 3 heterocycles. The van der Waals surface area contributed by atoms with E-state index in [9.17, 15) is 18.7 Å². The molecule has 1 aliphatic heterocycles. The molecule has 2 aromatic heterocycles. The molecule has 2 aromatic carbocycles. The molecule has 0 saturated carbocycles. The monoisotopic (exact) mass is 584 g/mol. The summed E-state index contributed by atoms with van der Waals surface area (Å²) in [7, 11) is 1.56. The van der Waals surface area contributed by atoms with Gasteiger partial charge in [0.15, 0.2) is 28.3 Å². The third kappa shape index (κ3) is 6.87. The van der Waals surface area contributed by atoms with Gasteiger partial charge in [0.2, 0.25) is 5.91 Å². The SMILES string of the molecule is COc1cc2c(Nc3ncc(CC(=O)Nc4cccc(F)c4F)s3)ncnc2cc1OCCCN1CCC[C@@H]1CO. The van der Waals surface area contributed by atoms with Crippen LogP contribution in [0.25, 0.3) is 10.9 Å². The number of thiazole rings is 1. The number of amides is 1. The second-order valence-electron chi connectivity index (χ2n) is 9.54. The molecule has 3 N–H and O–H groups in total. The van der Waals surface area contributed by atoms with Crippen molar-refractivity contribution in [2.24, 2.45) is 0 Å². The molecule has 0 unspecified atom stereocenters. The van der Waals surface area contributed by atoms with Crippen molar-refractivity contribution in [3.05, 3.63) is 59.4 Å². The number of rotatable bonds is 12. The maximum absolute atomic E-state index is 13.9. The molecular weight excluding hydrogens is 554 g/mol. The lowest BCUT2D eigenvalue weighted by molar-refractivity contribution is -0.115. The minimum absolute atomic E-state index is 0.0627. The molecule has 1 saturated heterocycles. The average Bonchev–Trinajstić information content (AvgIpc) is 3.62. The normalized spacial score (nSPS) is 15.3. The van der Waals surface area contributed by atoms with Crippen LogP contribution in [0.1, 0.15) is 24.1 Å². The van der Waals surface area contributed by atoms with Crippen LogP contribution in [-0.2, 0) is 11.2 Å². The Hall–Kier alpha value is -3.94. The van der Waals surface area contributed by atoms with Crippen molar-refractivity contribution in [1.82, 2.24) is 19.9 Å². The van der Waals surface area contributed by atoms with Crippen LogP contribution in [-0.4, -0.2) is 70.3 Å². The lowest BCUT2D eigenvalue weighted by atomic mass is 10.2. The number of nitrogens with zero attached hydrogens (tertiary/aromatic N) is 4. The first-order chi connectivity index (χ1) is 19.9. The van der Waals surface area contributed by atoms with E-state index in [-0.39, 0.29) is 24.8 Å². The van der Waals surface area contributed by atoms with Crippen LogP contribution in [0.5, 0.6) is 11.5 Å². The van der Waals surface area contributed by atoms with Crippen molar-refractivity contribution in [2.75, 3.05) is 44.0 Å². The zero-order valence-corrected chi connectivity index (χ0v) is 23.2. The summed E-state index contributed by atoms with van der Waals surface area (Å²) in [6.45, 7) is 2.54. The van der Waals surface area contributed by atoms with E-state index in [1.54, 1.807) is 19.2 Å². The van der Waals surface area contributed by atoms with Crippen LogP contribution in [0.2, 0.25) is 0 Å². The average molecular weight is 585 g/mol. The van der Waals surface area contributed by atoms with Gasteiger partial charge in [-0.3, -0.25) is 9.69 Å². The van der Waals surface area contributed by atoms with E-state index in [4.69, 9.17) is 9.47 Å². The van der Waals surface area contributed by atoms with Crippen LogP contribution in [0.3, 0.4) is 0 Å². The number of aliphatic hydroxyl groups is 1. The summed E-state index contributed by atoms with van der Waals surface area (Å²) in [6, 6.07) is 7.44. The summed E-state index contributed by atoms with van der Waals surface area (Å²) in [5, 5.41) is 16.2. The molecule has 5 rings (SSSR count). The predicted molar refractivity (Wildman–Crippen MR) is 152 cm³/mol. The number of likely N-dealkylation sites (tertiary alicyclic amines) is 1. The van der Waals surface area contributed by atoms with Crippen molar-refractivity contribution in [3.8, 4) is 11.5 Å². The Balaban J connectivity index is 1.22. The number of aliphatic hydroxyl groups excluding tert-OH is 1. The van der Waals surface area contributed by atoms with E-state index < -0.39 is 17.5 Å². The standard InChI is InChI=1S/C28H30F2N6O4S/c1-39-23-12-19-22(13-24(23)40-10-4-9-36-8-3-5-17(36)15-37)32-16-33-27(19)35-28-31-14-18(41-28)11-25(38)34-21-7-2-6-20(29)26(21)30/h2,6-7,12-14,16-17,37H,3-5,8-11,15H2,1H3,(H,34,38)(H,31,32,33,35)/t17-/m1/s1. The highest BCUT2D eigenvalue weighted by molar-refractivity contribution is 7.15. The van der Waals surface area contributed by atoms with Gasteiger partial charge in [-0.05, 0) is 44.0 Å². The molecular formula is C28H30F2N6O4S. The van der Waals surface area contributed by atoms with Crippen LogP contribution in [0.4, 0.5) is 25.4 Å².